The summed E-state index contributed by atoms with van der Waals surface area (Å²) in [7, 11) is 2.18. The summed E-state index contributed by atoms with van der Waals surface area (Å²) in [6.45, 7) is 8.84. The number of nitrogens with zero attached hydrogens (tertiary/aromatic N) is 5. The summed E-state index contributed by atoms with van der Waals surface area (Å²) in [4.78, 5) is 13.6. The molecule has 0 spiro atoms. The van der Waals surface area contributed by atoms with Gasteiger partial charge >= 0.3 is 6.18 Å². The van der Waals surface area contributed by atoms with Crippen molar-refractivity contribution in [3.63, 3.8) is 0 Å². The van der Waals surface area contributed by atoms with Crippen LogP contribution in [0.3, 0.4) is 0 Å². The topological polar surface area (TPSA) is 63.2 Å². The molecule has 0 bridgehead atoms. The summed E-state index contributed by atoms with van der Waals surface area (Å²) in [5.74, 6) is 2.14. The minimum absolute atomic E-state index is 0.362. The van der Waals surface area contributed by atoms with Crippen LogP contribution in [-0.4, -0.2) is 63.6 Å². The minimum Gasteiger partial charge on any atom is -0.383 e. The van der Waals surface area contributed by atoms with Gasteiger partial charge in [-0.3, -0.25) is 4.90 Å². The van der Waals surface area contributed by atoms with Crippen molar-refractivity contribution < 1.29 is 13.2 Å². The van der Waals surface area contributed by atoms with Crippen LogP contribution in [0.1, 0.15) is 44.1 Å². The van der Waals surface area contributed by atoms with E-state index in [4.69, 9.17) is 10.7 Å². The lowest BCUT2D eigenvalue weighted by molar-refractivity contribution is -0.137. The Morgan fingerprint density at radius 3 is 2.39 bits per heavy atom. The number of alkyl halides is 3. The number of pyridine rings is 1. The van der Waals surface area contributed by atoms with E-state index in [1.54, 1.807) is 0 Å². The first kappa shape index (κ1) is 22.7. The molecule has 1 aliphatic heterocycles. The van der Waals surface area contributed by atoms with Gasteiger partial charge in [-0.2, -0.15) is 13.2 Å². The van der Waals surface area contributed by atoms with E-state index in [2.05, 4.69) is 40.2 Å². The van der Waals surface area contributed by atoms with Crippen LogP contribution >= 0.6 is 0 Å². The number of piperazine rings is 1. The summed E-state index contributed by atoms with van der Waals surface area (Å²) in [6.07, 6.45) is 2.01. The van der Waals surface area contributed by atoms with Crippen molar-refractivity contribution in [1.29, 1.82) is 0 Å². The SMILES string of the molecule is CC(C)Cc1nc(-c2cnc(N)c(C(F)(F)F)c2)cn1[C@H]1[C@@H]2CC(N3CCN(C)CC3)C[C@@H]21. The molecule has 2 aromatic heterocycles. The van der Waals surface area contributed by atoms with E-state index in [1.807, 2.05) is 6.20 Å². The third kappa shape index (κ3) is 4.37. The van der Waals surface area contributed by atoms with Crippen LogP contribution in [0.25, 0.3) is 11.3 Å². The van der Waals surface area contributed by atoms with Crippen molar-refractivity contribution in [2.45, 2.75) is 51.4 Å². The molecule has 2 aromatic rings. The van der Waals surface area contributed by atoms with Gasteiger partial charge in [-0.1, -0.05) is 13.8 Å². The third-order valence-electron chi connectivity index (χ3n) is 7.67. The number of aromatic nitrogens is 3. The minimum atomic E-state index is -4.54. The second kappa shape index (κ2) is 8.27. The molecule has 0 radical (unpaired) electrons. The number of nitrogen functional groups attached to an aromatic ring is 1. The normalized spacial score (nSPS) is 28.5. The molecule has 6 nitrogen and oxygen atoms in total. The van der Waals surface area contributed by atoms with E-state index in [1.165, 1.54) is 19.0 Å². The number of nitrogens with two attached hydrogens (primary N) is 1. The van der Waals surface area contributed by atoms with Crippen LogP contribution in [0, 0.1) is 17.8 Å². The number of likely N-dealkylation sites (N-methyl/N-ethyl adjacent to an activating group) is 1. The molecule has 180 valence electrons. The van der Waals surface area contributed by atoms with Gasteiger partial charge in [-0.25, -0.2) is 9.97 Å². The zero-order valence-corrected chi connectivity index (χ0v) is 19.5. The van der Waals surface area contributed by atoms with Gasteiger partial charge in [0.1, 0.15) is 11.6 Å². The Labute approximate surface area is 193 Å². The molecule has 1 saturated heterocycles. The fourth-order valence-electron chi connectivity index (χ4n) is 5.86. The standard InChI is InChI=1S/C24H33F3N6/c1-14(2)8-21-30-20(15-9-19(24(25,26)27)23(28)29-12-15)13-33(21)22-17-10-16(11-18(17)22)32-6-4-31(3)5-7-32/h9,12-14,16-18,22H,4-8,10-11H2,1-3H3,(H2,28,29)/t16?,17-,18+,22+. The Morgan fingerprint density at radius 2 is 1.79 bits per heavy atom. The monoisotopic (exact) mass is 462 g/mol. The molecule has 3 aliphatic rings. The molecule has 2 saturated carbocycles. The van der Waals surface area contributed by atoms with Gasteiger partial charge in [0.15, 0.2) is 0 Å². The van der Waals surface area contributed by atoms with Crippen LogP contribution < -0.4 is 5.73 Å². The van der Waals surface area contributed by atoms with E-state index in [-0.39, 0.29) is 0 Å². The van der Waals surface area contributed by atoms with Gasteiger partial charge < -0.3 is 15.2 Å². The van der Waals surface area contributed by atoms with Gasteiger partial charge in [0, 0.05) is 62.6 Å². The van der Waals surface area contributed by atoms with Crippen LogP contribution in [0.2, 0.25) is 0 Å². The number of fused-ring (bicyclic) bond motifs is 1. The molecule has 1 unspecified atom stereocenters. The van der Waals surface area contributed by atoms with E-state index in [0.29, 0.717) is 41.1 Å². The van der Waals surface area contributed by atoms with Crippen molar-refractivity contribution in [3.05, 3.63) is 29.8 Å². The lowest BCUT2D eigenvalue weighted by atomic mass is 10.1. The molecule has 0 amide bonds. The first-order valence-electron chi connectivity index (χ1n) is 11.9. The average molecular weight is 463 g/mol. The van der Waals surface area contributed by atoms with E-state index in [9.17, 15) is 13.2 Å². The van der Waals surface area contributed by atoms with E-state index < -0.39 is 17.6 Å². The highest BCUT2D eigenvalue weighted by Crippen LogP contribution is 2.62. The average Bonchev–Trinajstić information content (AvgIpc) is 3.07. The molecular formula is C24H33F3N6. The van der Waals surface area contributed by atoms with Gasteiger partial charge in [-0.05, 0) is 43.7 Å². The highest BCUT2D eigenvalue weighted by Gasteiger charge is 2.58. The number of anilines is 1. The van der Waals surface area contributed by atoms with Gasteiger partial charge in [0.2, 0.25) is 0 Å². The third-order valence-corrected chi connectivity index (χ3v) is 7.67. The van der Waals surface area contributed by atoms with Crippen LogP contribution in [-0.2, 0) is 12.6 Å². The highest BCUT2D eigenvalue weighted by molar-refractivity contribution is 5.62. The molecule has 33 heavy (non-hydrogen) atoms. The maximum Gasteiger partial charge on any atom is 0.419 e. The Morgan fingerprint density at radius 1 is 1.12 bits per heavy atom. The van der Waals surface area contributed by atoms with Crippen molar-refractivity contribution in [2.24, 2.45) is 17.8 Å². The van der Waals surface area contributed by atoms with Crippen LogP contribution in [0.5, 0.6) is 0 Å². The van der Waals surface area contributed by atoms with Crippen LogP contribution in [0.15, 0.2) is 18.5 Å². The van der Waals surface area contributed by atoms with Crippen molar-refractivity contribution >= 4 is 5.82 Å². The number of rotatable bonds is 5. The lowest BCUT2D eigenvalue weighted by Gasteiger charge is -2.37. The first-order chi connectivity index (χ1) is 15.6. The molecule has 3 heterocycles. The number of hydrogen-bond donors (Lipinski definition) is 1. The fraction of sp³-hybridized carbons (Fsp3) is 0.667. The summed E-state index contributed by atoms with van der Waals surface area (Å²) in [6, 6.07) is 2.15. The second-order valence-electron chi connectivity index (χ2n) is 10.5. The maximum atomic E-state index is 13.4. The maximum absolute atomic E-state index is 13.4. The molecule has 2 aliphatic carbocycles. The Balaban J connectivity index is 1.37. The van der Waals surface area contributed by atoms with Crippen molar-refractivity contribution in [3.8, 4) is 11.3 Å². The number of imidazole rings is 1. The molecule has 2 N–H and O–H groups in total. The smallest absolute Gasteiger partial charge is 0.383 e. The molecule has 0 aromatic carbocycles. The molecule has 4 atom stereocenters. The summed E-state index contributed by atoms with van der Waals surface area (Å²) in [5.41, 5.74) is 5.50. The van der Waals surface area contributed by atoms with Gasteiger partial charge in [-0.15, -0.1) is 0 Å². The van der Waals surface area contributed by atoms with Gasteiger partial charge in [0.25, 0.3) is 0 Å². The Kier molecular flexibility index (Phi) is 5.68. The Hall–Kier alpha value is -2.13. The van der Waals surface area contributed by atoms with Crippen molar-refractivity contribution in [2.75, 3.05) is 39.0 Å². The van der Waals surface area contributed by atoms with Crippen LogP contribution in [0.4, 0.5) is 19.0 Å². The first-order valence-corrected chi connectivity index (χ1v) is 11.9. The largest absolute Gasteiger partial charge is 0.419 e. The zero-order valence-electron chi connectivity index (χ0n) is 19.5. The molecule has 3 fully saturated rings. The predicted molar refractivity (Wildman–Crippen MR) is 122 cm³/mol. The Bertz CT molecular complexity index is 996. The molecule has 9 heteroatoms. The second-order valence-corrected chi connectivity index (χ2v) is 10.5. The molecule has 5 rings (SSSR count). The van der Waals surface area contributed by atoms with Crippen molar-refractivity contribution in [1.82, 2.24) is 24.3 Å². The van der Waals surface area contributed by atoms with E-state index >= 15 is 0 Å². The van der Waals surface area contributed by atoms with Gasteiger partial charge in [0.05, 0.1) is 11.3 Å². The fourth-order valence-corrected chi connectivity index (χ4v) is 5.86. The molecular weight excluding hydrogens is 429 g/mol. The zero-order chi connectivity index (χ0) is 23.5. The van der Waals surface area contributed by atoms with E-state index in [0.717, 1.165) is 44.5 Å². The summed E-state index contributed by atoms with van der Waals surface area (Å²) >= 11 is 0. The summed E-state index contributed by atoms with van der Waals surface area (Å²) < 4.78 is 42.3. The lowest BCUT2D eigenvalue weighted by Crippen LogP contribution is -2.48. The predicted octanol–water partition coefficient (Wildman–Crippen LogP) is 3.94. The summed E-state index contributed by atoms with van der Waals surface area (Å²) in [5, 5.41) is 0. The number of halogens is 3. The number of hydrogen-bond acceptors (Lipinski definition) is 5. The highest BCUT2D eigenvalue weighted by atomic mass is 19.4. The quantitative estimate of drug-likeness (QED) is 0.729.